The standard InChI is InChI=1S/C17H17BrF2O/c1-21-9-8-12-2-5-14(6-3-12)15(18)10-13-4-7-16(19)17(20)11-13/h2-7,11,15H,8-10H2,1H3. The number of ether oxygens (including phenoxy) is 1. The SMILES string of the molecule is COCCc1ccc(C(Br)Cc2ccc(F)c(F)c2)cc1. The highest BCUT2D eigenvalue weighted by Gasteiger charge is 2.10. The molecule has 0 saturated heterocycles. The zero-order valence-corrected chi connectivity index (χ0v) is 13.4. The van der Waals surface area contributed by atoms with E-state index in [2.05, 4.69) is 28.1 Å². The van der Waals surface area contributed by atoms with Crippen molar-refractivity contribution in [2.75, 3.05) is 13.7 Å². The van der Waals surface area contributed by atoms with Crippen LogP contribution < -0.4 is 0 Å². The summed E-state index contributed by atoms with van der Waals surface area (Å²) in [7, 11) is 1.69. The van der Waals surface area contributed by atoms with Crippen molar-refractivity contribution in [3.05, 3.63) is 70.8 Å². The van der Waals surface area contributed by atoms with Crippen LogP contribution in [0, 0.1) is 11.6 Å². The molecule has 4 heteroatoms. The Kier molecular flexibility index (Phi) is 5.88. The molecule has 21 heavy (non-hydrogen) atoms. The normalized spacial score (nSPS) is 12.4. The highest BCUT2D eigenvalue weighted by Crippen LogP contribution is 2.27. The summed E-state index contributed by atoms with van der Waals surface area (Å²) >= 11 is 3.60. The third-order valence-electron chi connectivity index (χ3n) is 3.34. The monoisotopic (exact) mass is 354 g/mol. The maximum atomic E-state index is 13.2. The Morgan fingerprint density at radius 1 is 1.00 bits per heavy atom. The zero-order valence-electron chi connectivity index (χ0n) is 11.8. The molecule has 0 aliphatic rings. The summed E-state index contributed by atoms with van der Waals surface area (Å²) in [5.74, 6) is -1.62. The lowest BCUT2D eigenvalue weighted by molar-refractivity contribution is 0.202. The molecule has 2 aromatic carbocycles. The summed E-state index contributed by atoms with van der Waals surface area (Å²) < 4.78 is 31.2. The molecule has 0 aliphatic carbocycles. The predicted octanol–water partition coefficient (Wildman–Crippen LogP) is 4.83. The largest absolute Gasteiger partial charge is 0.384 e. The molecule has 1 nitrogen and oxygen atoms in total. The topological polar surface area (TPSA) is 9.23 Å². The quantitative estimate of drug-likeness (QED) is 0.675. The van der Waals surface area contributed by atoms with E-state index >= 15 is 0 Å². The van der Waals surface area contributed by atoms with E-state index in [4.69, 9.17) is 4.74 Å². The molecule has 2 rings (SSSR count). The van der Waals surface area contributed by atoms with Gasteiger partial charge < -0.3 is 4.74 Å². The number of alkyl halides is 1. The summed E-state index contributed by atoms with van der Waals surface area (Å²) in [6, 6.07) is 12.2. The summed E-state index contributed by atoms with van der Waals surface area (Å²) in [5.41, 5.74) is 3.09. The van der Waals surface area contributed by atoms with Crippen molar-refractivity contribution in [3.8, 4) is 0 Å². The Morgan fingerprint density at radius 3 is 2.29 bits per heavy atom. The lowest BCUT2D eigenvalue weighted by Gasteiger charge is -2.11. The summed E-state index contributed by atoms with van der Waals surface area (Å²) in [6.45, 7) is 0.700. The van der Waals surface area contributed by atoms with E-state index in [1.165, 1.54) is 11.6 Å². The maximum absolute atomic E-state index is 13.2. The Morgan fingerprint density at radius 2 is 1.67 bits per heavy atom. The minimum Gasteiger partial charge on any atom is -0.384 e. The van der Waals surface area contributed by atoms with Crippen molar-refractivity contribution in [2.24, 2.45) is 0 Å². The summed E-state index contributed by atoms with van der Waals surface area (Å²) in [6.07, 6.45) is 1.49. The van der Waals surface area contributed by atoms with E-state index in [0.29, 0.717) is 13.0 Å². The summed E-state index contributed by atoms with van der Waals surface area (Å²) in [4.78, 5) is 0.0684. The van der Waals surface area contributed by atoms with Crippen molar-refractivity contribution in [1.29, 1.82) is 0 Å². The fourth-order valence-electron chi connectivity index (χ4n) is 2.10. The van der Waals surface area contributed by atoms with Crippen molar-refractivity contribution in [2.45, 2.75) is 17.7 Å². The fraction of sp³-hybridized carbons (Fsp3) is 0.294. The number of hydrogen-bond acceptors (Lipinski definition) is 1. The van der Waals surface area contributed by atoms with E-state index in [1.54, 1.807) is 13.2 Å². The second-order valence-electron chi connectivity index (χ2n) is 4.90. The minimum absolute atomic E-state index is 0.0684. The number of halogens is 3. The van der Waals surface area contributed by atoms with Crippen LogP contribution in [0.1, 0.15) is 21.5 Å². The van der Waals surface area contributed by atoms with Gasteiger partial charge >= 0.3 is 0 Å². The van der Waals surface area contributed by atoms with Crippen LogP contribution in [-0.2, 0) is 17.6 Å². The van der Waals surface area contributed by atoms with Crippen LogP contribution in [-0.4, -0.2) is 13.7 Å². The number of hydrogen-bond donors (Lipinski definition) is 0. The molecule has 112 valence electrons. The first-order valence-electron chi connectivity index (χ1n) is 6.76. The van der Waals surface area contributed by atoms with Crippen LogP contribution >= 0.6 is 15.9 Å². The molecule has 0 heterocycles. The Hall–Kier alpha value is -1.26. The molecule has 0 aromatic heterocycles. The zero-order chi connectivity index (χ0) is 15.2. The van der Waals surface area contributed by atoms with Gasteiger partial charge in [-0.15, -0.1) is 0 Å². The van der Waals surface area contributed by atoms with Gasteiger partial charge in [-0.1, -0.05) is 46.3 Å². The lowest BCUT2D eigenvalue weighted by Crippen LogP contribution is -1.98. The van der Waals surface area contributed by atoms with Crippen molar-refractivity contribution in [1.82, 2.24) is 0 Å². The van der Waals surface area contributed by atoms with Crippen LogP contribution in [0.15, 0.2) is 42.5 Å². The molecule has 0 radical (unpaired) electrons. The third kappa shape index (κ3) is 4.61. The Labute approximate surface area is 132 Å². The van der Waals surface area contributed by atoms with Gasteiger partial charge in [0.25, 0.3) is 0 Å². The molecule has 0 bridgehead atoms. The van der Waals surface area contributed by atoms with Crippen molar-refractivity contribution < 1.29 is 13.5 Å². The molecule has 0 amide bonds. The number of methoxy groups -OCH3 is 1. The van der Waals surface area contributed by atoms with Gasteiger partial charge in [-0.3, -0.25) is 0 Å². The van der Waals surface area contributed by atoms with Crippen LogP contribution in [0.3, 0.4) is 0 Å². The van der Waals surface area contributed by atoms with Gasteiger partial charge in [-0.25, -0.2) is 8.78 Å². The minimum atomic E-state index is -0.813. The molecule has 2 aromatic rings. The van der Waals surface area contributed by atoms with E-state index in [-0.39, 0.29) is 4.83 Å². The van der Waals surface area contributed by atoms with E-state index in [1.807, 2.05) is 12.1 Å². The van der Waals surface area contributed by atoms with E-state index in [9.17, 15) is 8.78 Å². The molecule has 0 saturated carbocycles. The maximum Gasteiger partial charge on any atom is 0.159 e. The van der Waals surface area contributed by atoms with Gasteiger partial charge in [0.15, 0.2) is 11.6 Å². The van der Waals surface area contributed by atoms with Gasteiger partial charge in [0.1, 0.15) is 0 Å². The highest BCUT2D eigenvalue weighted by molar-refractivity contribution is 9.09. The molecule has 1 atom stereocenters. The fourth-order valence-corrected chi connectivity index (χ4v) is 2.78. The van der Waals surface area contributed by atoms with Gasteiger partial charge in [-0.05, 0) is 41.7 Å². The smallest absolute Gasteiger partial charge is 0.159 e. The average Bonchev–Trinajstić information content (AvgIpc) is 2.49. The Bertz CT molecular complexity index is 584. The highest BCUT2D eigenvalue weighted by atomic mass is 79.9. The van der Waals surface area contributed by atoms with Gasteiger partial charge in [0.2, 0.25) is 0 Å². The number of benzene rings is 2. The Balaban J connectivity index is 2.02. The van der Waals surface area contributed by atoms with Crippen LogP contribution in [0.5, 0.6) is 0 Å². The lowest BCUT2D eigenvalue weighted by atomic mass is 10.0. The molecule has 0 fully saturated rings. The number of rotatable bonds is 6. The molecular formula is C17H17BrF2O. The van der Waals surface area contributed by atoms with Crippen molar-refractivity contribution >= 4 is 15.9 Å². The first kappa shape index (κ1) is 16.1. The molecular weight excluding hydrogens is 338 g/mol. The van der Waals surface area contributed by atoms with E-state index in [0.717, 1.165) is 23.6 Å². The van der Waals surface area contributed by atoms with Crippen molar-refractivity contribution in [3.63, 3.8) is 0 Å². The van der Waals surface area contributed by atoms with Crippen LogP contribution in [0.2, 0.25) is 0 Å². The molecule has 0 aliphatic heterocycles. The first-order valence-corrected chi connectivity index (χ1v) is 7.67. The van der Waals surface area contributed by atoms with E-state index < -0.39 is 11.6 Å². The summed E-state index contributed by atoms with van der Waals surface area (Å²) in [5, 5.41) is 0. The molecule has 1 unspecified atom stereocenters. The second-order valence-corrected chi connectivity index (χ2v) is 6.01. The molecule has 0 N–H and O–H groups in total. The molecule has 0 spiro atoms. The van der Waals surface area contributed by atoms with Crippen LogP contribution in [0.4, 0.5) is 8.78 Å². The second kappa shape index (κ2) is 7.66. The third-order valence-corrected chi connectivity index (χ3v) is 4.19. The average molecular weight is 355 g/mol. The van der Waals surface area contributed by atoms with Crippen LogP contribution in [0.25, 0.3) is 0 Å². The van der Waals surface area contributed by atoms with Gasteiger partial charge in [-0.2, -0.15) is 0 Å². The van der Waals surface area contributed by atoms with Gasteiger partial charge in [0.05, 0.1) is 6.61 Å². The predicted molar refractivity (Wildman–Crippen MR) is 83.8 cm³/mol. The van der Waals surface area contributed by atoms with Gasteiger partial charge in [0, 0.05) is 11.9 Å². The first-order chi connectivity index (χ1) is 10.1.